The maximum absolute atomic E-state index is 11.9. The molecule has 128 valence electrons. The summed E-state index contributed by atoms with van der Waals surface area (Å²) in [4.78, 5) is 22.6. The predicted octanol–water partition coefficient (Wildman–Crippen LogP) is 1.96. The van der Waals surface area contributed by atoms with E-state index in [1.807, 2.05) is 6.07 Å². The van der Waals surface area contributed by atoms with Crippen LogP contribution in [-0.4, -0.2) is 30.7 Å². The van der Waals surface area contributed by atoms with Crippen LogP contribution in [0.3, 0.4) is 0 Å². The van der Waals surface area contributed by atoms with Crippen LogP contribution >= 0.6 is 0 Å². The van der Waals surface area contributed by atoms with E-state index in [1.165, 1.54) is 25.3 Å². The zero-order valence-corrected chi connectivity index (χ0v) is 13.5. The van der Waals surface area contributed by atoms with E-state index in [9.17, 15) is 9.59 Å². The quantitative estimate of drug-likeness (QED) is 0.797. The maximum Gasteiger partial charge on any atom is 0.335 e. The number of nitriles is 1. The highest BCUT2D eigenvalue weighted by molar-refractivity contribution is 5.87. The number of aromatic carboxylic acids is 1. The first-order valence-electron chi connectivity index (χ1n) is 7.33. The van der Waals surface area contributed by atoms with Crippen LogP contribution in [0.4, 0.5) is 0 Å². The molecule has 1 amide bonds. The number of ether oxygens (including phenoxy) is 2. The Hall–Kier alpha value is -3.53. The van der Waals surface area contributed by atoms with Gasteiger partial charge in [-0.2, -0.15) is 5.26 Å². The van der Waals surface area contributed by atoms with E-state index in [0.29, 0.717) is 17.1 Å². The van der Waals surface area contributed by atoms with Crippen molar-refractivity contribution in [2.45, 2.75) is 6.54 Å². The average molecular weight is 340 g/mol. The lowest BCUT2D eigenvalue weighted by Crippen LogP contribution is -2.28. The number of nitrogens with zero attached hydrogens (tertiary/aromatic N) is 1. The molecule has 0 saturated heterocycles. The van der Waals surface area contributed by atoms with Gasteiger partial charge in [-0.25, -0.2) is 4.79 Å². The number of methoxy groups -OCH3 is 1. The molecule has 0 aromatic heterocycles. The molecule has 2 aromatic rings. The SMILES string of the molecule is COc1cc(C#N)ccc1OCC(=O)NCc1ccc(C(=O)O)cc1. The maximum atomic E-state index is 11.9. The summed E-state index contributed by atoms with van der Waals surface area (Å²) in [6.07, 6.45) is 0. The number of carboxylic acids is 1. The number of carbonyl (C=O) groups excluding carboxylic acids is 1. The Morgan fingerprint density at radius 2 is 1.88 bits per heavy atom. The molecule has 2 N–H and O–H groups in total. The first-order chi connectivity index (χ1) is 12.0. The molecule has 0 atom stereocenters. The fourth-order valence-electron chi connectivity index (χ4n) is 2.02. The van der Waals surface area contributed by atoms with Crippen LogP contribution < -0.4 is 14.8 Å². The Kier molecular flexibility index (Phi) is 5.96. The van der Waals surface area contributed by atoms with Gasteiger partial charge in [-0.1, -0.05) is 12.1 Å². The zero-order chi connectivity index (χ0) is 18.2. The summed E-state index contributed by atoms with van der Waals surface area (Å²) in [6, 6.07) is 12.9. The van der Waals surface area contributed by atoms with Crippen molar-refractivity contribution < 1.29 is 24.2 Å². The number of hydrogen-bond donors (Lipinski definition) is 2. The lowest BCUT2D eigenvalue weighted by Gasteiger charge is -2.11. The number of amides is 1. The number of benzene rings is 2. The Balaban J connectivity index is 1.87. The molecular formula is C18H16N2O5. The second-order valence-corrected chi connectivity index (χ2v) is 5.04. The molecule has 0 radical (unpaired) electrons. The smallest absolute Gasteiger partial charge is 0.335 e. The molecule has 0 heterocycles. The van der Waals surface area contributed by atoms with E-state index in [4.69, 9.17) is 19.8 Å². The second kappa shape index (κ2) is 8.36. The zero-order valence-electron chi connectivity index (χ0n) is 13.5. The van der Waals surface area contributed by atoms with Gasteiger partial charge in [-0.3, -0.25) is 4.79 Å². The van der Waals surface area contributed by atoms with E-state index < -0.39 is 5.97 Å². The summed E-state index contributed by atoms with van der Waals surface area (Å²) in [5.74, 6) is -0.604. The normalized spacial score (nSPS) is 9.76. The first-order valence-corrected chi connectivity index (χ1v) is 7.33. The average Bonchev–Trinajstić information content (AvgIpc) is 2.64. The van der Waals surface area contributed by atoms with Crippen LogP contribution in [0.25, 0.3) is 0 Å². The lowest BCUT2D eigenvalue weighted by atomic mass is 10.1. The fraction of sp³-hybridized carbons (Fsp3) is 0.167. The molecular weight excluding hydrogens is 324 g/mol. The first kappa shape index (κ1) is 17.8. The molecule has 0 spiro atoms. The molecule has 2 rings (SSSR count). The summed E-state index contributed by atoms with van der Waals surface area (Å²) in [6.45, 7) is 0.0437. The second-order valence-electron chi connectivity index (χ2n) is 5.04. The molecule has 0 aliphatic heterocycles. The Labute approximate surface area is 144 Å². The van der Waals surface area contributed by atoms with Gasteiger partial charge in [0, 0.05) is 12.6 Å². The van der Waals surface area contributed by atoms with Gasteiger partial charge >= 0.3 is 5.97 Å². The molecule has 25 heavy (non-hydrogen) atoms. The third-order valence-electron chi connectivity index (χ3n) is 3.34. The van der Waals surface area contributed by atoms with Gasteiger partial charge in [0.2, 0.25) is 0 Å². The molecule has 0 aliphatic carbocycles. The van der Waals surface area contributed by atoms with Crippen molar-refractivity contribution in [3.8, 4) is 17.6 Å². The summed E-state index contributed by atoms with van der Waals surface area (Å²) >= 11 is 0. The molecule has 0 aliphatic rings. The number of carboxylic acid groups (broad SMARTS) is 1. The third-order valence-corrected chi connectivity index (χ3v) is 3.34. The summed E-state index contributed by atoms with van der Waals surface area (Å²) in [5.41, 5.74) is 1.39. The summed E-state index contributed by atoms with van der Waals surface area (Å²) in [5, 5.41) is 20.4. The van der Waals surface area contributed by atoms with Gasteiger partial charge in [0.05, 0.1) is 24.3 Å². The Morgan fingerprint density at radius 3 is 2.48 bits per heavy atom. The molecule has 7 nitrogen and oxygen atoms in total. The highest BCUT2D eigenvalue weighted by Crippen LogP contribution is 2.27. The molecule has 0 fully saturated rings. The van der Waals surface area contributed by atoms with E-state index in [2.05, 4.69) is 5.32 Å². The van der Waals surface area contributed by atoms with E-state index in [-0.39, 0.29) is 24.6 Å². The highest BCUT2D eigenvalue weighted by Gasteiger charge is 2.09. The van der Waals surface area contributed by atoms with Gasteiger partial charge in [0.15, 0.2) is 18.1 Å². The van der Waals surface area contributed by atoms with Crippen LogP contribution in [-0.2, 0) is 11.3 Å². The molecule has 0 bridgehead atoms. The lowest BCUT2D eigenvalue weighted by molar-refractivity contribution is -0.123. The van der Waals surface area contributed by atoms with Crippen molar-refractivity contribution in [1.29, 1.82) is 5.26 Å². The van der Waals surface area contributed by atoms with Crippen molar-refractivity contribution in [3.63, 3.8) is 0 Å². The van der Waals surface area contributed by atoms with E-state index in [1.54, 1.807) is 24.3 Å². The number of hydrogen-bond acceptors (Lipinski definition) is 5. The highest BCUT2D eigenvalue weighted by atomic mass is 16.5. The Bertz CT molecular complexity index is 809. The minimum Gasteiger partial charge on any atom is -0.493 e. The number of carbonyl (C=O) groups is 2. The largest absolute Gasteiger partial charge is 0.493 e. The molecule has 7 heteroatoms. The standard InChI is InChI=1S/C18H16N2O5/c1-24-16-8-13(9-19)4-7-15(16)25-11-17(21)20-10-12-2-5-14(6-3-12)18(22)23/h2-8H,10-11H2,1H3,(H,20,21)(H,22,23). The predicted molar refractivity (Wildman–Crippen MR) is 88.5 cm³/mol. The van der Waals surface area contributed by atoms with E-state index in [0.717, 1.165) is 5.56 Å². The van der Waals surface area contributed by atoms with Crippen molar-refractivity contribution in [3.05, 3.63) is 59.2 Å². The van der Waals surface area contributed by atoms with Crippen LogP contribution in [0.5, 0.6) is 11.5 Å². The number of nitrogens with one attached hydrogen (secondary N) is 1. The van der Waals surface area contributed by atoms with Crippen molar-refractivity contribution in [2.24, 2.45) is 0 Å². The van der Waals surface area contributed by atoms with Crippen molar-refractivity contribution in [1.82, 2.24) is 5.32 Å². The monoisotopic (exact) mass is 340 g/mol. The minimum atomic E-state index is -1.000. The summed E-state index contributed by atoms with van der Waals surface area (Å²) in [7, 11) is 1.45. The topological polar surface area (TPSA) is 109 Å². The van der Waals surface area contributed by atoms with Gasteiger partial charge in [0.25, 0.3) is 5.91 Å². The van der Waals surface area contributed by atoms with Crippen LogP contribution in [0, 0.1) is 11.3 Å². The Morgan fingerprint density at radius 1 is 1.16 bits per heavy atom. The van der Waals surface area contributed by atoms with Gasteiger partial charge in [-0.05, 0) is 29.8 Å². The van der Waals surface area contributed by atoms with Crippen LogP contribution in [0.2, 0.25) is 0 Å². The number of rotatable bonds is 7. The van der Waals surface area contributed by atoms with Gasteiger partial charge in [-0.15, -0.1) is 0 Å². The van der Waals surface area contributed by atoms with Crippen LogP contribution in [0.15, 0.2) is 42.5 Å². The van der Waals surface area contributed by atoms with Crippen molar-refractivity contribution in [2.75, 3.05) is 13.7 Å². The van der Waals surface area contributed by atoms with Gasteiger partial charge < -0.3 is 19.9 Å². The minimum absolute atomic E-state index is 0.186. The third kappa shape index (κ3) is 4.97. The van der Waals surface area contributed by atoms with Gasteiger partial charge in [0.1, 0.15) is 0 Å². The van der Waals surface area contributed by atoms with E-state index >= 15 is 0 Å². The van der Waals surface area contributed by atoms with Crippen molar-refractivity contribution >= 4 is 11.9 Å². The molecule has 0 unspecified atom stereocenters. The van der Waals surface area contributed by atoms with Crippen LogP contribution in [0.1, 0.15) is 21.5 Å². The molecule has 0 saturated carbocycles. The summed E-state index contributed by atoms with van der Waals surface area (Å²) < 4.78 is 10.5. The fourth-order valence-corrected chi connectivity index (χ4v) is 2.02. The molecule has 2 aromatic carbocycles.